The van der Waals surface area contributed by atoms with Crippen LogP contribution in [-0.2, 0) is 0 Å². The Balaban J connectivity index is 1.07. The summed E-state index contributed by atoms with van der Waals surface area (Å²) in [4.78, 5) is 5.59. The van der Waals surface area contributed by atoms with E-state index in [2.05, 4.69) is 52.3 Å². The van der Waals surface area contributed by atoms with Crippen molar-refractivity contribution in [3.05, 3.63) is 48.0 Å². The second-order valence-electron chi connectivity index (χ2n) is 9.29. The first-order valence-corrected chi connectivity index (χ1v) is 11.0. The normalized spacial score (nSPS) is 38.1. The largest absolute Gasteiger partial charge is 0.300 e. The maximum atomic E-state index is 2.82. The Morgan fingerprint density at radius 3 is 2.23 bits per heavy atom. The number of rotatable bonds is 4. The molecule has 1 aliphatic heterocycles. The van der Waals surface area contributed by atoms with Crippen molar-refractivity contribution in [3.8, 4) is 0 Å². The van der Waals surface area contributed by atoms with E-state index in [0.717, 1.165) is 29.7 Å². The fraction of sp³-hybridized carbons (Fsp3) is 0.667. The summed E-state index contributed by atoms with van der Waals surface area (Å²) in [5.74, 6) is 3.59. The third kappa shape index (κ3) is 3.51. The maximum absolute atomic E-state index is 2.82. The molecule has 140 valence electrons. The van der Waals surface area contributed by atoms with E-state index in [-0.39, 0.29) is 0 Å². The van der Waals surface area contributed by atoms with Crippen LogP contribution in [0.5, 0.6) is 0 Å². The summed E-state index contributed by atoms with van der Waals surface area (Å²) in [5, 5.41) is 0. The summed E-state index contributed by atoms with van der Waals surface area (Å²) in [6.45, 7) is 6.57. The Hall–Kier alpha value is -1.12. The molecule has 0 amide bonds. The minimum atomic E-state index is 0.805. The summed E-state index contributed by atoms with van der Waals surface area (Å²) in [7, 11) is 0. The first-order valence-electron chi connectivity index (χ1n) is 11.0. The van der Waals surface area contributed by atoms with Gasteiger partial charge in [0, 0.05) is 38.8 Å². The fourth-order valence-corrected chi connectivity index (χ4v) is 6.25. The second-order valence-corrected chi connectivity index (χ2v) is 9.29. The molecule has 0 spiro atoms. The first-order chi connectivity index (χ1) is 12.8. The van der Waals surface area contributed by atoms with Crippen LogP contribution in [0.25, 0.3) is 0 Å². The van der Waals surface area contributed by atoms with E-state index in [1.807, 2.05) is 0 Å². The van der Waals surface area contributed by atoms with E-state index in [1.165, 1.54) is 71.2 Å². The summed E-state index contributed by atoms with van der Waals surface area (Å²) >= 11 is 0. The Morgan fingerprint density at radius 1 is 0.808 bits per heavy atom. The molecule has 4 aliphatic rings. The Morgan fingerprint density at radius 2 is 1.58 bits per heavy atom. The number of fused-ring (bicyclic) bond motifs is 2. The van der Waals surface area contributed by atoms with Crippen LogP contribution in [0, 0.1) is 17.8 Å². The van der Waals surface area contributed by atoms with Crippen LogP contribution in [0.2, 0.25) is 0 Å². The molecule has 0 unspecified atom stereocenters. The predicted octanol–water partition coefficient (Wildman–Crippen LogP) is 4.54. The summed E-state index contributed by atoms with van der Waals surface area (Å²) < 4.78 is 0. The standard InChI is InChI=1S/C24H34N2/c1-2-4-20(5-3-1)21-8-10-24(11-9-21)26-14-12-25(13-15-26)18-23-17-19-6-7-22(23)16-19/h1-7,19,21-24H,8-18H2/t19-,21?,22+,23+,24?/m1/s1. The second kappa shape index (κ2) is 7.48. The minimum absolute atomic E-state index is 0.805. The van der Waals surface area contributed by atoms with Crippen LogP contribution in [0.3, 0.4) is 0 Å². The minimum Gasteiger partial charge on any atom is -0.300 e. The quantitative estimate of drug-likeness (QED) is 0.736. The average molecular weight is 351 g/mol. The average Bonchev–Trinajstić information content (AvgIpc) is 3.33. The van der Waals surface area contributed by atoms with Crippen molar-refractivity contribution in [1.29, 1.82) is 0 Å². The zero-order valence-electron chi connectivity index (χ0n) is 16.1. The number of allylic oxidation sites excluding steroid dienone is 2. The number of piperazine rings is 1. The summed E-state index contributed by atoms with van der Waals surface area (Å²) in [6, 6.07) is 12.0. The Bertz CT molecular complexity index is 608. The Kier molecular flexibility index (Phi) is 4.89. The van der Waals surface area contributed by atoms with Gasteiger partial charge in [-0.1, -0.05) is 42.5 Å². The molecule has 26 heavy (non-hydrogen) atoms. The van der Waals surface area contributed by atoms with Gasteiger partial charge in [-0.05, 0) is 67.8 Å². The lowest BCUT2D eigenvalue weighted by atomic mass is 9.81. The Labute approximate surface area is 159 Å². The van der Waals surface area contributed by atoms with Crippen molar-refractivity contribution in [3.63, 3.8) is 0 Å². The van der Waals surface area contributed by atoms with Gasteiger partial charge in [0.2, 0.25) is 0 Å². The molecule has 0 radical (unpaired) electrons. The zero-order chi connectivity index (χ0) is 17.3. The van der Waals surface area contributed by atoms with Crippen molar-refractivity contribution in [2.45, 2.75) is 50.5 Å². The van der Waals surface area contributed by atoms with Crippen LogP contribution in [-0.4, -0.2) is 48.6 Å². The molecule has 3 atom stereocenters. The van der Waals surface area contributed by atoms with Crippen LogP contribution in [0.1, 0.15) is 50.0 Å². The van der Waals surface area contributed by atoms with E-state index in [1.54, 1.807) is 5.56 Å². The zero-order valence-corrected chi connectivity index (χ0v) is 16.1. The third-order valence-corrected chi connectivity index (χ3v) is 7.80. The molecule has 2 saturated carbocycles. The van der Waals surface area contributed by atoms with Gasteiger partial charge in [-0.3, -0.25) is 4.90 Å². The number of hydrogen-bond donors (Lipinski definition) is 0. The maximum Gasteiger partial charge on any atom is 0.0113 e. The molecule has 5 rings (SSSR count). The van der Waals surface area contributed by atoms with Gasteiger partial charge in [0.1, 0.15) is 0 Å². The highest BCUT2D eigenvalue weighted by molar-refractivity contribution is 5.20. The summed E-state index contributed by atoms with van der Waals surface area (Å²) in [5.41, 5.74) is 1.57. The lowest BCUT2D eigenvalue weighted by Crippen LogP contribution is -2.52. The van der Waals surface area contributed by atoms with Gasteiger partial charge < -0.3 is 4.90 Å². The molecule has 1 heterocycles. The number of hydrogen-bond acceptors (Lipinski definition) is 2. The topological polar surface area (TPSA) is 6.48 Å². The highest BCUT2D eigenvalue weighted by Gasteiger charge is 2.37. The van der Waals surface area contributed by atoms with Gasteiger partial charge in [0.15, 0.2) is 0 Å². The van der Waals surface area contributed by atoms with Gasteiger partial charge in [0.25, 0.3) is 0 Å². The smallest absolute Gasteiger partial charge is 0.0113 e. The van der Waals surface area contributed by atoms with Crippen LogP contribution in [0.4, 0.5) is 0 Å². The molecule has 1 aromatic rings. The molecule has 3 fully saturated rings. The molecule has 0 N–H and O–H groups in total. The fourth-order valence-electron chi connectivity index (χ4n) is 6.25. The third-order valence-electron chi connectivity index (χ3n) is 7.80. The predicted molar refractivity (Wildman–Crippen MR) is 108 cm³/mol. The SMILES string of the molecule is C1=C[C@H]2C[C@@H]1C[C@H]2CN1CCN(C2CCC(c3ccccc3)CC2)CC1. The van der Waals surface area contributed by atoms with Crippen LogP contribution in [0.15, 0.2) is 42.5 Å². The van der Waals surface area contributed by atoms with Crippen LogP contribution >= 0.6 is 0 Å². The molecular weight excluding hydrogens is 316 g/mol. The lowest BCUT2D eigenvalue weighted by Gasteiger charge is -2.43. The van der Waals surface area contributed by atoms with E-state index in [0.29, 0.717) is 0 Å². The van der Waals surface area contributed by atoms with Gasteiger partial charge in [-0.25, -0.2) is 0 Å². The molecule has 2 heteroatoms. The van der Waals surface area contributed by atoms with Crippen molar-refractivity contribution in [2.24, 2.45) is 17.8 Å². The molecule has 2 nitrogen and oxygen atoms in total. The van der Waals surface area contributed by atoms with Crippen LogP contribution < -0.4 is 0 Å². The molecule has 0 aromatic heterocycles. The molecule has 1 saturated heterocycles. The molecule has 3 aliphatic carbocycles. The van der Waals surface area contributed by atoms with Gasteiger partial charge in [-0.2, -0.15) is 0 Å². The van der Waals surface area contributed by atoms with E-state index in [4.69, 9.17) is 0 Å². The van der Waals surface area contributed by atoms with Gasteiger partial charge >= 0.3 is 0 Å². The van der Waals surface area contributed by atoms with E-state index >= 15 is 0 Å². The van der Waals surface area contributed by atoms with Gasteiger partial charge in [-0.15, -0.1) is 0 Å². The number of benzene rings is 1. The molecule has 1 aromatic carbocycles. The molecular formula is C24H34N2. The highest BCUT2D eigenvalue weighted by atomic mass is 15.3. The first kappa shape index (κ1) is 17.0. The van der Waals surface area contributed by atoms with Crippen molar-refractivity contribution in [1.82, 2.24) is 9.80 Å². The van der Waals surface area contributed by atoms with E-state index in [9.17, 15) is 0 Å². The molecule has 2 bridgehead atoms. The monoisotopic (exact) mass is 350 g/mol. The number of nitrogens with zero attached hydrogens (tertiary/aromatic N) is 2. The lowest BCUT2D eigenvalue weighted by molar-refractivity contribution is 0.0661. The van der Waals surface area contributed by atoms with Crippen molar-refractivity contribution in [2.75, 3.05) is 32.7 Å². The van der Waals surface area contributed by atoms with Crippen molar-refractivity contribution < 1.29 is 0 Å². The van der Waals surface area contributed by atoms with Gasteiger partial charge in [0.05, 0.1) is 0 Å². The highest BCUT2D eigenvalue weighted by Crippen LogP contribution is 2.43. The van der Waals surface area contributed by atoms with Crippen molar-refractivity contribution >= 4 is 0 Å². The van der Waals surface area contributed by atoms with E-state index < -0.39 is 0 Å². The summed E-state index contributed by atoms with van der Waals surface area (Å²) in [6.07, 6.45) is 13.5.